The maximum Gasteiger partial charge on any atom is 0.228 e. The highest BCUT2D eigenvalue weighted by Gasteiger charge is 2.34. The first kappa shape index (κ1) is 14.7. The van der Waals surface area contributed by atoms with Crippen LogP contribution in [-0.2, 0) is 9.59 Å². The van der Waals surface area contributed by atoms with Crippen LogP contribution in [0.4, 0.5) is 14.5 Å². The van der Waals surface area contributed by atoms with Crippen molar-refractivity contribution in [3.8, 4) is 0 Å². The van der Waals surface area contributed by atoms with Crippen molar-refractivity contribution in [2.24, 2.45) is 0 Å². The lowest BCUT2D eigenvalue weighted by atomic mass is 10.2. The molecular weight excluding hydrogens is 387 g/mol. The summed E-state index contributed by atoms with van der Waals surface area (Å²) in [5.41, 5.74) is -0.322. The minimum Gasteiger partial charge on any atom is -0.306 e. The minimum absolute atomic E-state index is 0.108. The molecule has 0 saturated carbocycles. The Morgan fingerprint density at radius 1 is 1.42 bits per heavy atom. The van der Waals surface area contributed by atoms with Crippen molar-refractivity contribution in [2.45, 2.75) is 18.6 Å². The van der Waals surface area contributed by atoms with Crippen molar-refractivity contribution in [1.82, 2.24) is 0 Å². The normalized spacial score (nSPS) is 19.1. The van der Waals surface area contributed by atoms with Crippen LogP contribution in [0.2, 0.25) is 0 Å². The number of nitrogens with zero attached hydrogens (tertiary/aromatic N) is 1. The second-order valence-electron chi connectivity index (χ2n) is 4.16. The summed E-state index contributed by atoms with van der Waals surface area (Å²) in [7, 11) is 0. The fourth-order valence-electron chi connectivity index (χ4n) is 2.00. The van der Waals surface area contributed by atoms with Crippen LogP contribution >= 0.6 is 34.4 Å². The van der Waals surface area contributed by atoms with Crippen LogP contribution in [0.3, 0.4) is 0 Å². The van der Waals surface area contributed by atoms with Gasteiger partial charge in [0.25, 0.3) is 0 Å². The molecule has 1 amide bonds. The van der Waals surface area contributed by atoms with Crippen LogP contribution in [0, 0.1) is 15.2 Å². The van der Waals surface area contributed by atoms with Crippen LogP contribution < -0.4 is 4.90 Å². The number of halogens is 3. The Balaban J connectivity index is 2.28. The van der Waals surface area contributed by atoms with Gasteiger partial charge in [0.15, 0.2) is 16.7 Å². The van der Waals surface area contributed by atoms with Gasteiger partial charge in [0.1, 0.15) is 5.69 Å². The molecule has 0 radical (unpaired) electrons. The van der Waals surface area contributed by atoms with Gasteiger partial charge in [-0.05, 0) is 34.7 Å². The third-order valence-corrected chi connectivity index (χ3v) is 4.28. The summed E-state index contributed by atoms with van der Waals surface area (Å²) in [5.74, 6) is -1.88. The monoisotopic (exact) mass is 397 g/mol. The Kier molecular flexibility index (Phi) is 4.44. The fraction of sp³-hybridized carbons (Fsp3) is 0.333. The largest absolute Gasteiger partial charge is 0.306 e. The van der Waals surface area contributed by atoms with Gasteiger partial charge in [-0.3, -0.25) is 9.59 Å². The molecule has 19 heavy (non-hydrogen) atoms. The van der Waals surface area contributed by atoms with E-state index in [4.69, 9.17) is 0 Å². The van der Waals surface area contributed by atoms with E-state index in [0.29, 0.717) is 3.57 Å². The van der Waals surface area contributed by atoms with E-state index < -0.39 is 11.6 Å². The van der Waals surface area contributed by atoms with Gasteiger partial charge in [-0.25, -0.2) is 8.78 Å². The molecule has 102 valence electrons. The summed E-state index contributed by atoms with van der Waals surface area (Å²) < 4.78 is 28.1. The molecule has 0 bridgehead atoms. The molecule has 1 fully saturated rings. The summed E-state index contributed by atoms with van der Waals surface area (Å²) in [4.78, 5) is 23.9. The number of rotatable bonds is 2. The highest BCUT2D eigenvalue weighted by molar-refractivity contribution is 14.1. The van der Waals surface area contributed by atoms with Gasteiger partial charge >= 0.3 is 0 Å². The molecule has 1 aromatic rings. The zero-order valence-electron chi connectivity index (χ0n) is 9.95. The highest BCUT2D eigenvalue weighted by atomic mass is 127. The number of anilines is 1. The Morgan fingerprint density at radius 2 is 2.00 bits per heavy atom. The molecular formula is C12H10F2INO2S. The average Bonchev–Trinajstić information content (AvgIpc) is 2.57. The van der Waals surface area contributed by atoms with Gasteiger partial charge in [-0.15, -0.1) is 0 Å². The van der Waals surface area contributed by atoms with Gasteiger partial charge < -0.3 is 4.90 Å². The molecule has 1 heterocycles. The molecule has 1 saturated heterocycles. The molecule has 0 aliphatic carbocycles. The molecule has 1 aliphatic heterocycles. The number of thioether (sulfide) groups is 1. The standard InChI is InChI=1S/C12H10F2INO2S/c1-6(17)19-8-4-11(18)16(5-8)12-9(13)2-7(15)3-10(12)14/h2-3,8H,4-5H2,1H3. The van der Waals surface area contributed by atoms with E-state index in [-0.39, 0.29) is 34.9 Å². The third kappa shape index (κ3) is 3.25. The minimum atomic E-state index is -0.758. The summed E-state index contributed by atoms with van der Waals surface area (Å²) in [6, 6.07) is 2.36. The van der Waals surface area contributed by atoms with E-state index in [9.17, 15) is 18.4 Å². The zero-order chi connectivity index (χ0) is 14.2. The summed E-state index contributed by atoms with van der Waals surface area (Å²) in [6.45, 7) is 1.56. The predicted octanol–water partition coefficient (Wildman–Crippen LogP) is 2.95. The van der Waals surface area contributed by atoms with Crippen molar-refractivity contribution in [3.63, 3.8) is 0 Å². The van der Waals surface area contributed by atoms with Crippen molar-refractivity contribution < 1.29 is 18.4 Å². The topological polar surface area (TPSA) is 37.4 Å². The molecule has 0 N–H and O–H groups in total. The molecule has 0 aromatic heterocycles. The lowest BCUT2D eigenvalue weighted by Gasteiger charge is -2.18. The molecule has 3 nitrogen and oxygen atoms in total. The maximum absolute atomic E-state index is 13.8. The lowest BCUT2D eigenvalue weighted by molar-refractivity contribution is -0.117. The van der Waals surface area contributed by atoms with Crippen LogP contribution in [0.1, 0.15) is 13.3 Å². The van der Waals surface area contributed by atoms with Crippen molar-refractivity contribution in [2.75, 3.05) is 11.4 Å². The van der Waals surface area contributed by atoms with Gasteiger partial charge in [0.05, 0.1) is 0 Å². The molecule has 1 aliphatic rings. The second kappa shape index (κ2) is 5.74. The number of carbonyl (C=O) groups is 2. The summed E-state index contributed by atoms with van der Waals surface area (Å²) >= 11 is 2.84. The second-order valence-corrected chi connectivity index (χ2v) is 6.88. The number of carbonyl (C=O) groups excluding carboxylic acids is 2. The van der Waals surface area contributed by atoms with E-state index in [1.165, 1.54) is 19.1 Å². The van der Waals surface area contributed by atoms with E-state index >= 15 is 0 Å². The quantitative estimate of drug-likeness (QED) is 0.721. The zero-order valence-corrected chi connectivity index (χ0v) is 12.9. The van der Waals surface area contributed by atoms with E-state index in [1.807, 2.05) is 0 Å². The lowest BCUT2D eigenvalue weighted by Crippen LogP contribution is -2.27. The van der Waals surface area contributed by atoms with Crippen LogP contribution in [-0.4, -0.2) is 22.8 Å². The van der Waals surface area contributed by atoms with Crippen LogP contribution in [0.5, 0.6) is 0 Å². The number of amides is 1. The number of hydrogen-bond donors (Lipinski definition) is 0. The van der Waals surface area contributed by atoms with Gasteiger partial charge in [-0.2, -0.15) is 0 Å². The van der Waals surface area contributed by atoms with E-state index in [0.717, 1.165) is 16.7 Å². The van der Waals surface area contributed by atoms with Gasteiger partial charge in [-0.1, -0.05) is 11.8 Å². The third-order valence-electron chi connectivity index (χ3n) is 2.67. The Labute approximate surface area is 126 Å². The van der Waals surface area contributed by atoms with Crippen molar-refractivity contribution >= 4 is 51.1 Å². The highest BCUT2D eigenvalue weighted by Crippen LogP contribution is 2.32. The molecule has 2 rings (SSSR count). The smallest absolute Gasteiger partial charge is 0.228 e. The summed E-state index contributed by atoms with van der Waals surface area (Å²) in [6.07, 6.45) is 0.120. The molecule has 0 spiro atoms. The molecule has 1 atom stereocenters. The van der Waals surface area contributed by atoms with Crippen LogP contribution in [0.25, 0.3) is 0 Å². The first-order valence-electron chi connectivity index (χ1n) is 5.50. The van der Waals surface area contributed by atoms with Crippen molar-refractivity contribution in [1.29, 1.82) is 0 Å². The number of hydrogen-bond acceptors (Lipinski definition) is 3. The first-order valence-corrected chi connectivity index (χ1v) is 7.46. The average molecular weight is 397 g/mol. The summed E-state index contributed by atoms with van der Waals surface area (Å²) in [5, 5.41) is -0.355. The molecule has 1 unspecified atom stereocenters. The Hall–Kier alpha value is -0.700. The first-order chi connectivity index (χ1) is 8.88. The predicted molar refractivity (Wildman–Crippen MR) is 78.1 cm³/mol. The van der Waals surface area contributed by atoms with E-state index in [1.54, 1.807) is 22.6 Å². The fourth-order valence-corrected chi connectivity index (χ4v) is 3.46. The SMILES string of the molecule is CC(=O)SC1CC(=O)N(c2c(F)cc(I)cc2F)C1. The maximum atomic E-state index is 13.8. The Bertz CT molecular complexity index is 530. The van der Waals surface area contributed by atoms with Crippen molar-refractivity contribution in [3.05, 3.63) is 27.3 Å². The molecule has 7 heteroatoms. The number of benzene rings is 1. The Morgan fingerprint density at radius 3 is 2.53 bits per heavy atom. The molecule has 1 aromatic carbocycles. The van der Waals surface area contributed by atoms with Gasteiger partial charge in [0, 0.05) is 28.7 Å². The van der Waals surface area contributed by atoms with Crippen LogP contribution in [0.15, 0.2) is 12.1 Å². The van der Waals surface area contributed by atoms with Gasteiger partial charge in [0.2, 0.25) is 5.91 Å². The van der Waals surface area contributed by atoms with E-state index in [2.05, 4.69) is 0 Å².